The fourth-order valence-corrected chi connectivity index (χ4v) is 10.4. The molecule has 2 aromatic carbocycles. The molecule has 0 bridgehead atoms. The van der Waals surface area contributed by atoms with E-state index in [2.05, 4.69) is 0 Å². The number of aliphatic hydroxyl groups is 1. The van der Waals surface area contributed by atoms with E-state index >= 15 is 0 Å². The molecule has 1 N–H and O–H groups in total. The fraction of sp³-hybridized carbons (Fsp3) is 0.617. The monoisotopic (exact) mass is 1340 g/mol. The minimum Gasteiger partial charge on any atom is -0.463 e. The third-order valence-corrected chi connectivity index (χ3v) is 14.0. The molecule has 4 fully saturated rings. The van der Waals surface area contributed by atoms with Crippen LogP contribution < -0.4 is 0 Å². The highest BCUT2D eigenvalue weighted by molar-refractivity contribution is 6.26. The van der Waals surface area contributed by atoms with E-state index in [1.165, 1.54) is 0 Å². The first-order chi connectivity index (χ1) is 44.1. The number of carbonyl (C=O) groups is 11. The highest BCUT2D eigenvalue weighted by Crippen LogP contribution is 2.39. The highest BCUT2D eigenvalue weighted by atomic mass is 35.5. The molecule has 93 heavy (non-hydrogen) atoms. The Hall–Kier alpha value is -7.50. The van der Waals surface area contributed by atoms with Gasteiger partial charge in [-0.1, -0.05) is 60.7 Å². The molecule has 514 valence electrons. The standard InChI is InChI=1S/C60H75ClO32/c1-28(62)74-24-41-46(80-31(4)65)50(83-34(7)68)54(84-35(8)69)58(88-41)79-27-40-45(77-22-38-17-13-11-14-18-38)49(53(57(73)87-40)78-23-39-19-15-12-16-20-39)92-60-56(86-37(10)71)52(48(82-33(6)67)43(90-60)26-76-30(3)64)93-59-55(85-36(9)70)51(91-44(72)21-61)47(81-32(5)66)42(89-59)25-75-29(2)63/h11-20,40-43,45-60,73H,21-27H2,1-10H3/t40-,41-,42-,43-,45-,46-,47-,48-,49+,50+,51+,52+,53-,54-,55-,56-,57-,58-,59+,60+/m1/s1. The van der Waals surface area contributed by atoms with E-state index in [4.69, 9.17) is 106 Å². The summed E-state index contributed by atoms with van der Waals surface area (Å²) in [5.74, 6) is -11.6. The number of rotatable bonds is 28. The van der Waals surface area contributed by atoms with Gasteiger partial charge in [0.15, 0.2) is 74.0 Å². The van der Waals surface area contributed by atoms with Gasteiger partial charge in [-0.2, -0.15) is 0 Å². The van der Waals surface area contributed by atoms with Crippen LogP contribution in [0.5, 0.6) is 0 Å². The van der Waals surface area contributed by atoms with Crippen molar-refractivity contribution in [3.8, 4) is 0 Å². The van der Waals surface area contributed by atoms with Crippen LogP contribution in [0.2, 0.25) is 0 Å². The maximum absolute atomic E-state index is 13.6. The predicted molar refractivity (Wildman–Crippen MR) is 302 cm³/mol. The van der Waals surface area contributed by atoms with Gasteiger partial charge in [-0.15, -0.1) is 11.6 Å². The SMILES string of the molecule is CC(=O)OC[C@H]1O[C@@H](OC[C@H]2O[C@@H](O)[C@H](OCc3ccccc3)[C@@H](O[C@@H]3O[C@H](COC(C)=O)[C@@H](OC(C)=O)[C@H](O[C@@H]4O[C@H](COC(C)=O)[C@@H](OC(C)=O)[C@H](OC(=O)CCl)[C@H]4OC(C)=O)[C@H]3OC(C)=O)[C@@H]2OCc2ccccc2)[C@H](OC(C)=O)[C@@H](OC(C)=O)[C@@H]1OC(C)=O. The van der Waals surface area contributed by atoms with E-state index in [0.29, 0.717) is 11.1 Å². The lowest BCUT2D eigenvalue weighted by molar-refractivity contribution is -0.386. The molecule has 0 radical (unpaired) electrons. The summed E-state index contributed by atoms with van der Waals surface area (Å²) in [7, 11) is 0. The Morgan fingerprint density at radius 2 is 0.656 bits per heavy atom. The van der Waals surface area contributed by atoms with Crippen molar-refractivity contribution in [3.05, 3.63) is 71.8 Å². The Morgan fingerprint density at radius 3 is 1.04 bits per heavy atom. The average molecular weight is 1340 g/mol. The molecule has 4 aliphatic heterocycles. The number of benzene rings is 2. The summed E-state index contributed by atoms with van der Waals surface area (Å²) >= 11 is 5.89. The highest BCUT2D eigenvalue weighted by Gasteiger charge is 2.60. The molecule has 0 aromatic heterocycles. The van der Waals surface area contributed by atoms with E-state index in [0.717, 1.165) is 69.2 Å². The molecule has 0 unspecified atom stereocenters. The molecule has 20 atom stereocenters. The number of carbonyl (C=O) groups excluding carboxylic acids is 11. The molecule has 32 nitrogen and oxygen atoms in total. The lowest BCUT2D eigenvalue weighted by Crippen LogP contribution is -2.69. The molecule has 4 heterocycles. The fourth-order valence-electron chi connectivity index (χ4n) is 10.3. The molecule has 33 heteroatoms. The van der Waals surface area contributed by atoms with Gasteiger partial charge in [-0.25, -0.2) is 0 Å². The smallest absolute Gasteiger partial charge is 0.321 e. The molecule has 0 spiro atoms. The first-order valence-corrected chi connectivity index (χ1v) is 29.6. The van der Waals surface area contributed by atoms with Gasteiger partial charge < -0.3 is 99.8 Å². The van der Waals surface area contributed by atoms with Crippen molar-refractivity contribution in [2.24, 2.45) is 0 Å². The van der Waals surface area contributed by atoms with Crippen molar-refractivity contribution in [3.63, 3.8) is 0 Å². The van der Waals surface area contributed by atoms with Crippen LogP contribution in [0.25, 0.3) is 0 Å². The molecule has 0 saturated carbocycles. The van der Waals surface area contributed by atoms with E-state index in [9.17, 15) is 57.8 Å². The zero-order chi connectivity index (χ0) is 68.2. The predicted octanol–water partition coefficient (Wildman–Crippen LogP) is 1.20. The maximum atomic E-state index is 13.6. The Labute approximate surface area is 537 Å². The Kier molecular flexibility index (Phi) is 28.6. The van der Waals surface area contributed by atoms with Crippen LogP contribution in [0.3, 0.4) is 0 Å². The largest absolute Gasteiger partial charge is 0.463 e. The molecule has 0 aliphatic carbocycles. The third kappa shape index (κ3) is 22.3. The van der Waals surface area contributed by atoms with Crippen LogP contribution in [-0.2, 0) is 161 Å². The van der Waals surface area contributed by atoms with E-state index in [-0.39, 0.29) is 13.2 Å². The molecule has 4 aliphatic rings. The number of alkyl halides is 1. The van der Waals surface area contributed by atoms with Crippen LogP contribution >= 0.6 is 11.6 Å². The second kappa shape index (κ2) is 35.7. The molecule has 2 aromatic rings. The Morgan fingerprint density at radius 1 is 0.344 bits per heavy atom. The van der Waals surface area contributed by atoms with Crippen molar-refractivity contribution in [1.82, 2.24) is 0 Å². The number of esters is 11. The first kappa shape index (κ1) is 74.5. The minimum atomic E-state index is -2.13. The van der Waals surface area contributed by atoms with Gasteiger partial charge in [-0.3, -0.25) is 52.7 Å². The number of ether oxygens (including phenoxy) is 20. The van der Waals surface area contributed by atoms with Gasteiger partial charge in [0.25, 0.3) is 0 Å². The van der Waals surface area contributed by atoms with Gasteiger partial charge in [0, 0.05) is 69.2 Å². The van der Waals surface area contributed by atoms with Crippen molar-refractivity contribution in [2.75, 3.05) is 32.3 Å². The van der Waals surface area contributed by atoms with E-state index < -0.39 is 221 Å². The summed E-state index contributed by atoms with van der Waals surface area (Å²) in [6, 6.07) is 17.1. The zero-order valence-corrected chi connectivity index (χ0v) is 53.0. The van der Waals surface area contributed by atoms with E-state index in [1.807, 2.05) is 0 Å². The van der Waals surface area contributed by atoms with Gasteiger partial charge in [0.2, 0.25) is 0 Å². The van der Waals surface area contributed by atoms with Crippen LogP contribution in [0.15, 0.2) is 60.7 Å². The van der Waals surface area contributed by atoms with Crippen molar-refractivity contribution < 1.29 is 153 Å². The summed E-state index contributed by atoms with van der Waals surface area (Å²) < 4.78 is 120. The molecular weight excluding hydrogens is 1270 g/mol. The van der Waals surface area contributed by atoms with Gasteiger partial charge >= 0.3 is 65.7 Å². The second-order valence-electron chi connectivity index (χ2n) is 21.3. The first-order valence-electron chi connectivity index (χ1n) is 29.0. The van der Waals surface area contributed by atoms with Crippen LogP contribution in [0.4, 0.5) is 0 Å². The van der Waals surface area contributed by atoms with Crippen molar-refractivity contribution in [2.45, 2.75) is 205 Å². The summed E-state index contributed by atoms with van der Waals surface area (Å²) in [6.07, 6.45) is -36.4. The molecule has 4 saturated heterocycles. The maximum Gasteiger partial charge on any atom is 0.321 e. The Balaban J connectivity index is 1.54. The second-order valence-corrected chi connectivity index (χ2v) is 21.5. The Bertz CT molecular complexity index is 2880. The molecule has 0 amide bonds. The minimum absolute atomic E-state index is 0.272. The van der Waals surface area contributed by atoms with Crippen LogP contribution in [-0.4, -0.2) is 226 Å². The molecular formula is C60H75ClO32. The average Bonchev–Trinajstić information content (AvgIpc) is 0.773. The summed E-state index contributed by atoms with van der Waals surface area (Å²) in [5.41, 5.74) is 1.10. The normalized spacial score (nSPS) is 30.8. The lowest BCUT2D eigenvalue weighted by Gasteiger charge is -2.50. The third-order valence-electron chi connectivity index (χ3n) is 13.8. The number of hydrogen-bond donors (Lipinski definition) is 1. The van der Waals surface area contributed by atoms with Gasteiger partial charge in [-0.05, 0) is 11.1 Å². The quantitative estimate of drug-likeness (QED) is 0.0710. The number of aliphatic hydroxyl groups excluding tert-OH is 1. The molecule has 6 rings (SSSR count). The van der Waals surface area contributed by atoms with Gasteiger partial charge in [0.1, 0.15) is 74.5 Å². The summed E-state index contributed by atoms with van der Waals surface area (Å²) in [6.45, 7) is 6.54. The zero-order valence-electron chi connectivity index (χ0n) is 52.3. The number of halogens is 1. The van der Waals surface area contributed by atoms with Crippen LogP contribution in [0.1, 0.15) is 80.4 Å². The van der Waals surface area contributed by atoms with Crippen LogP contribution in [0, 0.1) is 0 Å². The lowest BCUT2D eigenvalue weighted by atomic mass is 9.95. The summed E-state index contributed by atoms with van der Waals surface area (Å²) in [4.78, 5) is 141. The number of hydrogen-bond acceptors (Lipinski definition) is 32. The topological polar surface area (TPSA) is 393 Å². The van der Waals surface area contributed by atoms with Gasteiger partial charge in [0.05, 0.1) is 19.8 Å². The summed E-state index contributed by atoms with van der Waals surface area (Å²) in [5, 5.41) is 12.3. The van der Waals surface area contributed by atoms with Crippen molar-refractivity contribution in [1.29, 1.82) is 0 Å². The van der Waals surface area contributed by atoms with E-state index in [1.54, 1.807) is 60.7 Å². The van der Waals surface area contributed by atoms with Crippen molar-refractivity contribution >= 4 is 77.3 Å².